The number of aryl methyl sites for hydroxylation is 1. The molecule has 2 aromatic rings. The molecule has 11 heteroatoms. The highest BCUT2D eigenvalue weighted by Crippen LogP contribution is 2.36. The van der Waals surface area contributed by atoms with Crippen LogP contribution in [0.4, 0.5) is 23.7 Å². The van der Waals surface area contributed by atoms with E-state index in [0.29, 0.717) is 0 Å². The monoisotopic (exact) mass is 344 g/mol. The fourth-order valence-electron chi connectivity index (χ4n) is 1.78. The first-order valence-corrected chi connectivity index (χ1v) is 6.77. The number of hydrogen-bond donors (Lipinski definition) is 1. The number of aromatic nitrogens is 5. The molecule has 1 amide bonds. The fraction of sp³-hybridized carbons (Fsp3) is 0.462. The first-order valence-electron chi connectivity index (χ1n) is 6.77. The highest BCUT2D eigenvalue weighted by Gasteiger charge is 2.36. The van der Waals surface area contributed by atoms with Crippen LogP contribution in [0.15, 0.2) is 12.3 Å². The summed E-state index contributed by atoms with van der Waals surface area (Å²) in [6.07, 6.45) is -4.52. The van der Waals surface area contributed by atoms with Gasteiger partial charge in [-0.3, -0.25) is 10.3 Å². The van der Waals surface area contributed by atoms with Crippen molar-refractivity contribution in [2.75, 3.05) is 5.32 Å². The largest absolute Gasteiger partial charge is 0.444 e. The maximum atomic E-state index is 13.3. The molecule has 0 aromatic carbocycles. The van der Waals surface area contributed by atoms with Crippen molar-refractivity contribution < 1.29 is 22.7 Å². The third-order valence-electron chi connectivity index (χ3n) is 2.67. The molecule has 8 nitrogen and oxygen atoms in total. The van der Waals surface area contributed by atoms with Crippen molar-refractivity contribution in [2.45, 2.75) is 32.5 Å². The van der Waals surface area contributed by atoms with Crippen molar-refractivity contribution in [1.29, 1.82) is 0 Å². The van der Waals surface area contributed by atoms with E-state index in [2.05, 4.69) is 25.8 Å². The summed E-state index contributed by atoms with van der Waals surface area (Å²) in [5.74, 6) is -0.147. The Morgan fingerprint density at radius 3 is 2.46 bits per heavy atom. The molecule has 0 unspecified atom stereocenters. The molecule has 0 saturated heterocycles. The molecule has 1 N–H and O–H groups in total. The van der Waals surface area contributed by atoms with Gasteiger partial charge in [0.1, 0.15) is 11.3 Å². The Labute approximate surface area is 135 Å². The minimum atomic E-state index is -4.71. The van der Waals surface area contributed by atoms with Crippen molar-refractivity contribution in [2.24, 2.45) is 7.05 Å². The van der Waals surface area contributed by atoms with Gasteiger partial charge in [-0.25, -0.2) is 9.48 Å². The van der Waals surface area contributed by atoms with Gasteiger partial charge in [0.05, 0.1) is 17.4 Å². The number of anilines is 1. The van der Waals surface area contributed by atoms with E-state index in [4.69, 9.17) is 4.74 Å². The zero-order valence-corrected chi connectivity index (χ0v) is 13.3. The Morgan fingerprint density at radius 1 is 1.29 bits per heavy atom. The van der Waals surface area contributed by atoms with Gasteiger partial charge in [0, 0.05) is 7.05 Å². The molecule has 0 aliphatic carbocycles. The lowest BCUT2D eigenvalue weighted by Crippen LogP contribution is -2.27. The molecule has 0 aliphatic rings. The number of carbonyl (C=O) groups excluding carboxylic acids is 1. The standard InChI is InChI=1S/C13H15F3N6O2/c1-12(2,3)24-11(23)18-7-5-8(13(14,15)16)9(17-6-7)10-19-20-21-22(10)4/h5-6H,1-4H3,(H,18,23). The summed E-state index contributed by atoms with van der Waals surface area (Å²) >= 11 is 0. The van der Waals surface area contributed by atoms with Crippen molar-refractivity contribution in [1.82, 2.24) is 25.2 Å². The molecule has 0 saturated carbocycles. The van der Waals surface area contributed by atoms with Crippen molar-refractivity contribution >= 4 is 11.8 Å². The number of ether oxygens (including phenoxy) is 1. The van der Waals surface area contributed by atoms with E-state index in [0.717, 1.165) is 16.9 Å². The van der Waals surface area contributed by atoms with Gasteiger partial charge in [-0.05, 0) is 37.3 Å². The summed E-state index contributed by atoms with van der Waals surface area (Å²) < 4.78 is 46.0. The molecule has 0 bridgehead atoms. The van der Waals surface area contributed by atoms with Crippen molar-refractivity contribution in [3.05, 3.63) is 17.8 Å². The Kier molecular flexibility index (Phi) is 4.45. The zero-order chi connectivity index (χ0) is 18.1. The first kappa shape index (κ1) is 17.6. The van der Waals surface area contributed by atoms with Crippen LogP contribution in [0.3, 0.4) is 0 Å². The molecular formula is C13H15F3N6O2. The minimum absolute atomic E-state index is 0.147. The lowest BCUT2D eigenvalue weighted by molar-refractivity contribution is -0.137. The number of pyridine rings is 1. The van der Waals surface area contributed by atoms with Gasteiger partial charge >= 0.3 is 12.3 Å². The van der Waals surface area contributed by atoms with Gasteiger partial charge in [0.25, 0.3) is 0 Å². The number of halogens is 3. The first-order chi connectivity index (χ1) is 11.0. The average molecular weight is 344 g/mol. The highest BCUT2D eigenvalue weighted by atomic mass is 19.4. The van der Waals surface area contributed by atoms with Crippen molar-refractivity contribution in [3.63, 3.8) is 0 Å². The van der Waals surface area contributed by atoms with Crippen LogP contribution in [0.5, 0.6) is 0 Å². The maximum absolute atomic E-state index is 13.3. The second-order valence-corrected chi connectivity index (χ2v) is 5.87. The van der Waals surface area contributed by atoms with Crippen LogP contribution in [0.25, 0.3) is 11.5 Å². The van der Waals surface area contributed by atoms with Gasteiger partial charge in [-0.2, -0.15) is 13.2 Å². The molecule has 2 aromatic heterocycles. The van der Waals surface area contributed by atoms with Gasteiger partial charge in [0.15, 0.2) is 0 Å². The van der Waals surface area contributed by atoms with E-state index < -0.39 is 29.1 Å². The Hall–Kier alpha value is -2.72. The third kappa shape index (κ3) is 4.18. The number of nitrogens with zero attached hydrogens (tertiary/aromatic N) is 5. The van der Waals surface area contributed by atoms with E-state index in [1.165, 1.54) is 7.05 Å². The highest BCUT2D eigenvalue weighted by molar-refractivity contribution is 5.85. The quantitative estimate of drug-likeness (QED) is 0.900. The van der Waals surface area contributed by atoms with Crippen LogP contribution in [0.1, 0.15) is 26.3 Å². The van der Waals surface area contributed by atoms with Gasteiger partial charge in [0.2, 0.25) is 5.82 Å². The van der Waals surface area contributed by atoms with Gasteiger partial charge in [-0.1, -0.05) is 0 Å². The molecule has 0 aliphatic heterocycles. The van der Waals surface area contributed by atoms with Crippen LogP contribution >= 0.6 is 0 Å². The second kappa shape index (κ2) is 6.06. The Bertz CT molecular complexity index is 751. The molecule has 2 rings (SSSR count). The smallest absolute Gasteiger partial charge is 0.418 e. The average Bonchev–Trinajstić information content (AvgIpc) is 2.81. The van der Waals surface area contributed by atoms with E-state index in [9.17, 15) is 18.0 Å². The van der Waals surface area contributed by atoms with E-state index >= 15 is 0 Å². The van der Waals surface area contributed by atoms with Crippen LogP contribution < -0.4 is 5.32 Å². The number of carbonyl (C=O) groups is 1. The molecule has 2 heterocycles. The lowest BCUT2D eigenvalue weighted by Gasteiger charge is -2.20. The maximum Gasteiger partial charge on any atom is 0.418 e. The molecule has 130 valence electrons. The number of hydrogen-bond acceptors (Lipinski definition) is 6. The fourth-order valence-corrected chi connectivity index (χ4v) is 1.78. The minimum Gasteiger partial charge on any atom is -0.444 e. The molecule has 0 fully saturated rings. The summed E-state index contributed by atoms with van der Waals surface area (Å²) in [6, 6.07) is 0.751. The summed E-state index contributed by atoms with van der Waals surface area (Å²) in [5.41, 5.74) is -2.46. The summed E-state index contributed by atoms with van der Waals surface area (Å²) in [5, 5.41) is 12.5. The molecule has 0 radical (unpaired) electrons. The van der Waals surface area contributed by atoms with Crippen LogP contribution in [-0.4, -0.2) is 36.9 Å². The SMILES string of the molecule is Cn1nnnc1-c1ncc(NC(=O)OC(C)(C)C)cc1C(F)(F)F. The number of alkyl halides is 3. The van der Waals surface area contributed by atoms with Gasteiger partial charge in [-0.15, -0.1) is 5.10 Å². The predicted molar refractivity (Wildman–Crippen MR) is 76.9 cm³/mol. The van der Waals surface area contributed by atoms with Crippen LogP contribution in [0.2, 0.25) is 0 Å². The summed E-state index contributed by atoms with van der Waals surface area (Å²) in [6.45, 7) is 4.91. The number of rotatable bonds is 2. The number of tetrazole rings is 1. The summed E-state index contributed by atoms with van der Waals surface area (Å²) in [7, 11) is 1.39. The van der Waals surface area contributed by atoms with E-state index in [1.807, 2.05) is 0 Å². The zero-order valence-electron chi connectivity index (χ0n) is 13.3. The predicted octanol–water partition coefficient (Wildman–Crippen LogP) is 2.64. The summed E-state index contributed by atoms with van der Waals surface area (Å²) in [4.78, 5) is 15.4. The number of amides is 1. The molecule has 0 spiro atoms. The van der Waals surface area contributed by atoms with E-state index in [-0.39, 0.29) is 11.5 Å². The Morgan fingerprint density at radius 2 is 1.96 bits per heavy atom. The van der Waals surface area contributed by atoms with Crippen LogP contribution in [0, 0.1) is 0 Å². The second-order valence-electron chi connectivity index (χ2n) is 5.87. The number of nitrogens with one attached hydrogen (secondary N) is 1. The molecule has 0 atom stereocenters. The molecular weight excluding hydrogens is 329 g/mol. The van der Waals surface area contributed by atoms with E-state index in [1.54, 1.807) is 20.8 Å². The topological polar surface area (TPSA) is 94.8 Å². The van der Waals surface area contributed by atoms with Gasteiger partial charge < -0.3 is 4.74 Å². The lowest BCUT2D eigenvalue weighted by atomic mass is 10.1. The Balaban J connectivity index is 2.38. The van der Waals surface area contributed by atoms with Crippen LogP contribution in [-0.2, 0) is 18.0 Å². The van der Waals surface area contributed by atoms with Crippen molar-refractivity contribution in [3.8, 4) is 11.5 Å². The molecule has 24 heavy (non-hydrogen) atoms. The third-order valence-corrected chi connectivity index (χ3v) is 2.67. The normalized spacial score (nSPS) is 12.1.